The first-order chi connectivity index (χ1) is 16.9. The number of morpholine rings is 1. The van der Waals surface area contributed by atoms with E-state index in [1.54, 1.807) is 17.0 Å². The number of thiazole rings is 1. The standard InChI is InChI=1S/C25H30ClN3O4S2/c1-2-19-5-3-6-22-24(19)27-25(34-22)29(13-4-12-28-14-16-33-17-15-28)23(30)11-18-35(31,32)21-9-7-20(26)8-10-21/h3,5-10H,2,4,11-18H2,1H3. The van der Waals surface area contributed by atoms with Gasteiger partial charge in [0.05, 0.1) is 34.1 Å². The molecule has 2 heterocycles. The lowest BCUT2D eigenvalue weighted by atomic mass is 10.1. The molecule has 1 amide bonds. The van der Waals surface area contributed by atoms with Gasteiger partial charge in [-0.05, 0) is 48.7 Å². The summed E-state index contributed by atoms with van der Waals surface area (Å²) in [5.41, 5.74) is 2.05. The molecule has 1 aliphatic heterocycles. The molecular formula is C25H30ClN3O4S2. The fourth-order valence-electron chi connectivity index (χ4n) is 4.12. The maximum atomic E-state index is 13.4. The molecule has 0 saturated carbocycles. The number of rotatable bonds is 10. The van der Waals surface area contributed by atoms with E-state index in [0.29, 0.717) is 16.7 Å². The van der Waals surface area contributed by atoms with Gasteiger partial charge in [0.25, 0.3) is 0 Å². The van der Waals surface area contributed by atoms with Crippen LogP contribution in [0.2, 0.25) is 5.02 Å². The van der Waals surface area contributed by atoms with Crippen LogP contribution >= 0.6 is 22.9 Å². The van der Waals surface area contributed by atoms with Gasteiger partial charge in [0.2, 0.25) is 5.91 Å². The highest BCUT2D eigenvalue weighted by molar-refractivity contribution is 7.91. The van der Waals surface area contributed by atoms with Crippen molar-refractivity contribution in [3.05, 3.63) is 53.1 Å². The van der Waals surface area contributed by atoms with E-state index in [9.17, 15) is 13.2 Å². The Morgan fingerprint density at radius 3 is 2.63 bits per heavy atom. The summed E-state index contributed by atoms with van der Waals surface area (Å²) in [5.74, 6) is -0.500. The van der Waals surface area contributed by atoms with Crippen molar-refractivity contribution in [3.63, 3.8) is 0 Å². The van der Waals surface area contributed by atoms with E-state index in [2.05, 4.69) is 17.9 Å². The van der Waals surface area contributed by atoms with Crippen molar-refractivity contribution in [2.24, 2.45) is 0 Å². The van der Waals surface area contributed by atoms with Crippen molar-refractivity contribution in [1.82, 2.24) is 9.88 Å². The molecule has 0 bridgehead atoms. The lowest BCUT2D eigenvalue weighted by molar-refractivity contribution is -0.118. The molecule has 0 radical (unpaired) electrons. The smallest absolute Gasteiger partial charge is 0.229 e. The Morgan fingerprint density at radius 2 is 1.91 bits per heavy atom. The summed E-state index contributed by atoms with van der Waals surface area (Å²) in [5, 5.41) is 1.09. The highest BCUT2D eigenvalue weighted by Gasteiger charge is 2.24. The molecule has 10 heteroatoms. The van der Waals surface area contributed by atoms with Gasteiger partial charge >= 0.3 is 0 Å². The molecule has 1 aliphatic rings. The maximum absolute atomic E-state index is 13.4. The Hall–Kier alpha value is -2.04. The van der Waals surface area contributed by atoms with Crippen molar-refractivity contribution in [3.8, 4) is 0 Å². The van der Waals surface area contributed by atoms with Gasteiger partial charge in [0.1, 0.15) is 0 Å². The lowest BCUT2D eigenvalue weighted by Crippen LogP contribution is -2.39. The molecule has 0 spiro atoms. The van der Waals surface area contributed by atoms with Crippen molar-refractivity contribution in [2.45, 2.75) is 31.1 Å². The number of aryl methyl sites for hydroxylation is 1. The predicted octanol–water partition coefficient (Wildman–Crippen LogP) is 4.43. The quantitative estimate of drug-likeness (QED) is 0.382. The summed E-state index contributed by atoms with van der Waals surface area (Å²) in [6.45, 7) is 6.63. The maximum Gasteiger partial charge on any atom is 0.229 e. The summed E-state index contributed by atoms with van der Waals surface area (Å²) in [6, 6.07) is 12.1. The van der Waals surface area contributed by atoms with Crippen LogP contribution in [-0.4, -0.2) is 69.4 Å². The Balaban J connectivity index is 1.51. The third kappa shape index (κ3) is 6.59. The van der Waals surface area contributed by atoms with Gasteiger partial charge in [0, 0.05) is 37.6 Å². The summed E-state index contributed by atoms with van der Waals surface area (Å²) in [6.07, 6.45) is 1.51. The zero-order valence-electron chi connectivity index (χ0n) is 19.8. The molecule has 2 aromatic carbocycles. The number of hydrogen-bond donors (Lipinski definition) is 0. The number of fused-ring (bicyclic) bond motifs is 1. The largest absolute Gasteiger partial charge is 0.379 e. The molecule has 0 atom stereocenters. The normalized spacial score (nSPS) is 14.9. The minimum Gasteiger partial charge on any atom is -0.379 e. The average molecular weight is 536 g/mol. The number of hydrogen-bond acceptors (Lipinski definition) is 7. The fraction of sp³-hybridized carbons (Fsp3) is 0.440. The molecule has 3 aromatic rings. The molecule has 0 unspecified atom stereocenters. The minimum absolute atomic E-state index is 0.112. The van der Waals surface area contributed by atoms with E-state index in [0.717, 1.165) is 61.5 Å². The minimum atomic E-state index is -3.61. The number of halogens is 1. The van der Waals surface area contributed by atoms with Crippen LogP contribution in [0.25, 0.3) is 10.2 Å². The number of carbonyl (C=O) groups excluding carboxylic acids is 1. The fourth-order valence-corrected chi connectivity index (χ4v) is 6.53. The summed E-state index contributed by atoms with van der Waals surface area (Å²) in [7, 11) is -3.61. The Bertz CT molecular complexity index is 1260. The van der Waals surface area contributed by atoms with Crippen molar-refractivity contribution < 1.29 is 17.9 Å². The highest BCUT2D eigenvalue weighted by atomic mass is 35.5. The first-order valence-electron chi connectivity index (χ1n) is 11.8. The average Bonchev–Trinajstić information content (AvgIpc) is 3.30. The molecule has 7 nitrogen and oxygen atoms in total. The Kier molecular flexibility index (Phi) is 8.77. The molecule has 35 heavy (non-hydrogen) atoms. The number of para-hydroxylation sites is 1. The van der Waals surface area contributed by atoms with Crippen LogP contribution in [0.3, 0.4) is 0 Å². The van der Waals surface area contributed by atoms with Gasteiger partial charge < -0.3 is 4.74 Å². The number of nitrogens with zero attached hydrogens (tertiary/aromatic N) is 3. The molecule has 0 aliphatic carbocycles. The number of carbonyl (C=O) groups is 1. The number of benzene rings is 2. The molecule has 1 fully saturated rings. The van der Waals surface area contributed by atoms with Crippen LogP contribution in [0.5, 0.6) is 0 Å². The number of aromatic nitrogens is 1. The van der Waals surface area contributed by atoms with E-state index < -0.39 is 9.84 Å². The van der Waals surface area contributed by atoms with Gasteiger partial charge in [-0.15, -0.1) is 0 Å². The Morgan fingerprint density at radius 1 is 1.17 bits per heavy atom. The van der Waals surface area contributed by atoms with Crippen molar-refractivity contribution in [2.75, 3.05) is 50.0 Å². The van der Waals surface area contributed by atoms with Gasteiger partial charge in [0.15, 0.2) is 15.0 Å². The second kappa shape index (κ2) is 11.8. The second-order valence-electron chi connectivity index (χ2n) is 8.49. The van der Waals surface area contributed by atoms with Gasteiger partial charge in [-0.25, -0.2) is 13.4 Å². The third-order valence-electron chi connectivity index (χ3n) is 6.12. The van der Waals surface area contributed by atoms with Crippen LogP contribution in [0, 0.1) is 0 Å². The zero-order chi connectivity index (χ0) is 24.8. The molecule has 1 saturated heterocycles. The van der Waals surface area contributed by atoms with E-state index in [-0.39, 0.29) is 23.0 Å². The van der Waals surface area contributed by atoms with Crippen molar-refractivity contribution >= 4 is 54.0 Å². The third-order valence-corrected chi connectivity index (χ3v) is 9.15. The highest BCUT2D eigenvalue weighted by Crippen LogP contribution is 2.31. The van der Waals surface area contributed by atoms with E-state index >= 15 is 0 Å². The summed E-state index contributed by atoms with van der Waals surface area (Å²) < 4.78 is 32.1. The van der Waals surface area contributed by atoms with Crippen molar-refractivity contribution in [1.29, 1.82) is 0 Å². The molecular weight excluding hydrogens is 506 g/mol. The molecule has 1 aromatic heterocycles. The van der Waals surface area contributed by atoms with Gasteiger partial charge in [-0.1, -0.05) is 42.0 Å². The van der Waals surface area contributed by atoms with E-state index in [1.807, 2.05) is 12.1 Å². The number of amides is 1. The van der Waals surface area contributed by atoms with Gasteiger partial charge in [-0.3, -0.25) is 14.6 Å². The molecule has 0 N–H and O–H groups in total. The number of anilines is 1. The van der Waals surface area contributed by atoms with Gasteiger partial charge in [-0.2, -0.15) is 0 Å². The van der Waals surface area contributed by atoms with Crippen LogP contribution in [0.1, 0.15) is 25.3 Å². The molecule has 188 valence electrons. The predicted molar refractivity (Wildman–Crippen MR) is 141 cm³/mol. The van der Waals surface area contributed by atoms with Crippen LogP contribution < -0.4 is 4.90 Å². The second-order valence-corrected chi connectivity index (χ2v) is 12.0. The van der Waals surface area contributed by atoms with Crippen LogP contribution in [-0.2, 0) is 25.8 Å². The van der Waals surface area contributed by atoms with Crippen LogP contribution in [0.4, 0.5) is 5.13 Å². The summed E-state index contributed by atoms with van der Waals surface area (Å²) in [4.78, 5) is 22.3. The van der Waals surface area contributed by atoms with Crippen LogP contribution in [0.15, 0.2) is 47.4 Å². The first-order valence-corrected chi connectivity index (χ1v) is 14.7. The SMILES string of the molecule is CCc1cccc2sc(N(CCCN3CCOCC3)C(=O)CCS(=O)(=O)c3ccc(Cl)cc3)nc12. The number of sulfone groups is 1. The first kappa shape index (κ1) is 26.0. The molecule has 4 rings (SSSR count). The topological polar surface area (TPSA) is 79.8 Å². The van der Waals surface area contributed by atoms with E-state index in [1.165, 1.54) is 23.5 Å². The summed E-state index contributed by atoms with van der Waals surface area (Å²) >= 11 is 7.36. The number of ether oxygens (including phenoxy) is 1. The monoisotopic (exact) mass is 535 g/mol. The van der Waals surface area contributed by atoms with E-state index in [4.69, 9.17) is 21.3 Å². The zero-order valence-corrected chi connectivity index (χ0v) is 22.2. The lowest BCUT2D eigenvalue weighted by Gasteiger charge is -2.27. The Labute approximate surface area is 215 Å².